The van der Waals surface area contributed by atoms with Crippen LogP contribution in [0.4, 0.5) is 13.6 Å². The lowest BCUT2D eigenvalue weighted by Crippen LogP contribution is -2.37. The molecule has 0 aliphatic heterocycles. The highest BCUT2D eigenvalue weighted by molar-refractivity contribution is 5.67. The van der Waals surface area contributed by atoms with Crippen LogP contribution in [-0.4, -0.2) is 37.4 Å². The molecule has 16 heavy (non-hydrogen) atoms. The van der Waals surface area contributed by atoms with Gasteiger partial charge in [-0.05, 0) is 27.7 Å². The van der Waals surface area contributed by atoms with Crippen LogP contribution in [0.5, 0.6) is 0 Å². The van der Waals surface area contributed by atoms with E-state index in [1.54, 1.807) is 27.7 Å². The Labute approximate surface area is 94.3 Å². The second kappa shape index (κ2) is 6.62. The molecular weight excluding hydrogens is 220 g/mol. The summed E-state index contributed by atoms with van der Waals surface area (Å²) in [4.78, 5) is 10.9. The van der Waals surface area contributed by atoms with Gasteiger partial charge in [0.1, 0.15) is 6.61 Å². The molecule has 0 fully saturated rings. The first-order valence-electron chi connectivity index (χ1n) is 5.15. The lowest BCUT2D eigenvalue weighted by Gasteiger charge is -2.18. The van der Waals surface area contributed by atoms with E-state index in [2.05, 4.69) is 10.1 Å². The van der Waals surface area contributed by atoms with E-state index in [0.717, 1.165) is 0 Å². The molecule has 1 N–H and O–H groups in total. The van der Waals surface area contributed by atoms with Gasteiger partial charge in [-0.15, -0.1) is 0 Å². The Morgan fingerprint density at radius 2 is 1.81 bits per heavy atom. The van der Waals surface area contributed by atoms with Crippen molar-refractivity contribution in [3.63, 3.8) is 0 Å². The Balaban J connectivity index is 3.84. The van der Waals surface area contributed by atoms with Crippen LogP contribution < -0.4 is 5.32 Å². The highest BCUT2D eigenvalue weighted by Crippen LogP contribution is 2.15. The predicted octanol–water partition coefficient (Wildman–Crippen LogP) is 2.18. The minimum atomic E-state index is -3.15. The molecule has 0 aliphatic rings. The first kappa shape index (κ1) is 15.1. The monoisotopic (exact) mass is 239 g/mol. The molecule has 0 saturated carbocycles. The smallest absolute Gasteiger partial charge is 0.407 e. The number of halogens is 2. The summed E-state index contributed by atoms with van der Waals surface area (Å²) in [6.07, 6.45) is -1.13. The van der Waals surface area contributed by atoms with Crippen LogP contribution in [0.3, 0.4) is 0 Å². The van der Waals surface area contributed by atoms with Crippen LogP contribution in [-0.2, 0) is 9.47 Å². The molecule has 0 atom stereocenters. The van der Waals surface area contributed by atoms with Crippen LogP contribution in [0.15, 0.2) is 0 Å². The fraction of sp³-hybridized carbons (Fsp3) is 0.900. The molecule has 96 valence electrons. The Bertz CT molecular complexity index is 220. The van der Waals surface area contributed by atoms with Gasteiger partial charge in [0.05, 0.1) is 6.10 Å². The number of nitrogens with one attached hydrogen (secondary N) is 1. The molecule has 4 nitrogen and oxygen atoms in total. The standard InChI is InChI=1S/C10H19F2NO3/c1-7(2)13-9(14)16-6-10(11,12)5-15-8(3)4/h7-8H,5-6H2,1-4H3,(H,13,14). The molecule has 0 spiro atoms. The summed E-state index contributed by atoms with van der Waals surface area (Å²) in [5.41, 5.74) is 0. The molecule has 1 amide bonds. The Hall–Kier alpha value is -0.910. The largest absolute Gasteiger partial charge is 0.443 e. The second-order valence-electron chi connectivity index (χ2n) is 4.09. The summed E-state index contributed by atoms with van der Waals surface area (Å²) in [6.45, 7) is 5.01. The third-order valence-electron chi connectivity index (χ3n) is 1.45. The van der Waals surface area contributed by atoms with Crippen LogP contribution in [0.2, 0.25) is 0 Å². The molecule has 0 bridgehead atoms. The molecule has 0 rings (SSSR count). The summed E-state index contributed by atoms with van der Waals surface area (Å²) in [5, 5.41) is 2.34. The highest BCUT2D eigenvalue weighted by atomic mass is 19.3. The number of hydrogen-bond donors (Lipinski definition) is 1. The fourth-order valence-corrected chi connectivity index (χ4v) is 0.779. The molecular formula is C10H19F2NO3. The third kappa shape index (κ3) is 8.40. The summed E-state index contributed by atoms with van der Waals surface area (Å²) < 4.78 is 35.2. The number of hydrogen-bond acceptors (Lipinski definition) is 3. The summed E-state index contributed by atoms with van der Waals surface area (Å²) in [6, 6.07) is -0.145. The topological polar surface area (TPSA) is 47.6 Å². The fourth-order valence-electron chi connectivity index (χ4n) is 0.779. The van der Waals surface area contributed by atoms with E-state index in [1.165, 1.54) is 0 Å². The van der Waals surface area contributed by atoms with Crippen LogP contribution >= 0.6 is 0 Å². The minimum absolute atomic E-state index is 0.145. The first-order valence-corrected chi connectivity index (χ1v) is 5.15. The molecule has 0 aromatic heterocycles. The van der Waals surface area contributed by atoms with Gasteiger partial charge < -0.3 is 14.8 Å². The average Bonchev–Trinajstić information content (AvgIpc) is 2.11. The lowest BCUT2D eigenvalue weighted by molar-refractivity contribution is -0.120. The highest BCUT2D eigenvalue weighted by Gasteiger charge is 2.31. The van der Waals surface area contributed by atoms with Crippen molar-refractivity contribution in [3.05, 3.63) is 0 Å². The SMILES string of the molecule is CC(C)NC(=O)OCC(F)(F)COC(C)C. The molecule has 0 aromatic carbocycles. The van der Waals surface area contributed by atoms with E-state index in [4.69, 9.17) is 4.74 Å². The summed E-state index contributed by atoms with van der Waals surface area (Å²) in [7, 11) is 0. The Morgan fingerprint density at radius 3 is 2.25 bits per heavy atom. The van der Waals surface area contributed by atoms with E-state index in [-0.39, 0.29) is 12.1 Å². The van der Waals surface area contributed by atoms with Crippen molar-refractivity contribution in [2.24, 2.45) is 0 Å². The van der Waals surface area contributed by atoms with Crippen molar-refractivity contribution in [1.82, 2.24) is 5.32 Å². The van der Waals surface area contributed by atoms with Crippen molar-refractivity contribution in [1.29, 1.82) is 0 Å². The van der Waals surface area contributed by atoms with Crippen LogP contribution in [0, 0.1) is 0 Å². The average molecular weight is 239 g/mol. The quantitative estimate of drug-likeness (QED) is 0.772. The molecule has 0 saturated heterocycles. The number of ether oxygens (including phenoxy) is 2. The van der Waals surface area contributed by atoms with E-state index in [0.29, 0.717) is 0 Å². The van der Waals surface area contributed by atoms with Gasteiger partial charge in [0.15, 0.2) is 6.61 Å². The van der Waals surface area contributed by atoms with Gasteiger partial charge >= 0.3 is 12.0 Å². The van der Waals surface area contributed by atoms with Gasteiger partial charge in [-0.1, -0.05) is 0 Å². The van der Waals surface area contributed by atoms with E-state index >= 15 is 0 Å². The van der Waals surface area contributed by atoms with Gasteiger partial charge in [-0.3, -0.25) is 0 Å². The first-order chi connectivity index (χ1) is 7.23. The van der Waals surface area contributed by atoms with Gasteiger partial charge in [-0.2, -0.15) is 0 Å². The van der Waals surface area contributed by atoms with Gasteiger partial charge in [0.25, 0.3) is 0 Å². The normalized spacial score (nSPS) is 12.0. The lowest BCUT2D eigenvalue weighted by atomic mass is 10.4. The molecule has 0 radical (unpaired) electrons. The number of rotatable bonds is 6. The minimum Gasteiger partial charge on any atom is -0.443 e. The number of carbonyl (C=O) groups is 1. The zero-order valence-electron chi connectivity index (χ0n) is 10.0. The molecule has 6 heteroatoms. The van der Waals surface area contributed by atoms with E-state index < -0.39 is 25.2 Å². The van der Waals surface area contributed by atoms with Crippen molar-refractivity contribution in [3.8, 4) is 0 Å². The van der Waals surface area contributed by atoms with Crippen molar-refractivity contribution in [2.75, 3.05) is 13.2 Å². The zero-order valence-corrected chi connectivity index (χ0v) is 10.0. The van der Waals surface area contributed by atoms with Crippen molar-refractivity contribution >= 4 is 6.09 Å². The van der Waals surface area contributed by atoms with Crippen LogP contribution in [0.25, 0.3) is 0 Å². The molecule has 0 aromatic rings. The van der Waals surface area contributed by atoms with Gasteiger partial charge in [0, 0.05) is 6.04 Å². The summed E-state index contributed by atoms with van der Waals surface area (Å²) >= 11 is 0. The van der Waals surface area contributed by atoms with E-state index in [1.807, 2.05) is 0 Å². The zero-order chi connectivity index (χ0) is 12.8. The number of carbonyl (C=O) groups excluding carboxylic acids is 1. The molecule has 0 aliphatic carbocycles. The number of alkyl carbamates (subject to hydrolysis) is 1. The third-order valence-corrected chi connectivity index (χ3v) is 1.45. The summed E-state index contributed by atoms with van der Waals surface area (Å²) in [5.74, 6) is -3.15. The van der Waals surface area contributed by atoms with E-state index in [9.17, 15) is 13.6 Å². The maximum atomic E-state index is 13.1. The Morgan fingerprint density at radius 1 is 1.25 bits per heavy atom. The molecule has 0 heterocycles. The van der Waals surface area contributed by atoms with Gasteiger partial charge in [-0.25, -0.2) is 13.6 Å². The number of amides is 1. The maximum absolute atomic E-state index is 13.1. The second-order valence-corrected chi connectivity index (χ2v) is 4.09. The Kier molecular flexibility index (Phi) is 6.25. The number of alkyl halides is 2. The van der Waals surface area contributed by atoms with Crippen molar-refractivity contribution < 1.29 is 23.0 Å². The molecule has 0 unspecified atom stereocenters. The predicted molar refractivity (Wildman–Crippen MR) is 55.7 cm³/mol. The van der Waals surface area contributed by atoms with Crippen molar-refractivity contribution in [2.45, 2.75) is 45.8 Å². The maximum Gasteiger partial charge on any atom is 0.407 e. The van der Waals surface area contributed by atoms with Gasteiger partial charge in [0.2, 0.25) is 0 Å². The van der Waals surface area contributed by atoms with Crippen LogP contribution in [0.1, 0.15) is 27.7 Å².